The second kappa shape index (κ2) is 25.7. The molecule has 0 bridgehead atoms. The van der Waals surface area contributed by atoms with Crippen LogP contribution in [0.4, 0.5) is 0 Å². The van der Waals surface area contributed by atoms with Crippen molar-refractivity contribution in [1.29, 1.82) is 0 Å². The molecule has 12 heteroatoms. The molecule has 2 amide bonds. The van der Waals surface area contributed by atoms with Gasteiger partial charge in [-0.2, -0.15) is 6.42 Å². The maximum absolute atomic E-state index is 14.4. The fourth-order valence-corrected chi connectivity index (χ4v) is 9.38. The maximum Gasteiger partial charge on any atom is 0.226 e. The smallest absolute Gasteiger partial charge is 0.226 e. The predicted octanol–water partition coefficient (Wildman–Crippen LogP) is 8.67. The summed E-state index contributed by atoms with van der Waals surface area (Å²) < 4.78 is 12.2. The summed E-state index contributed by atoms with van der Waals surface area (Å²) in [5.74, 6) is -1.34. The van der Waals surface area contributed by atoms with E-state index < -0.39 is 30.1 Å². The summed E-state index contributed by atoms with van der Waals surface area (Å²) in [7, 11) is 4.98. The molecule has 9 unspecified atom stereocenters. The average molecular weight is 912 g/mol. The fourth-order valence-electron chi connectivity index (χ4n) is 8.45. The molecule has 1 aliphatic heterocycles. The summed E-state index contributed by atoms with van der Waals surface area (Å²) in [5.41, 5.74) is 1.50. The maximum atomic E-state index is 14.4. The van der Waals surface area contributed by atoms with Gasteiger partial charge in [0.15, 0.2) is 5.78 Å². The number of carbonyl (C=O) groups is 5. The van der Waals surface area contributed by atoms with Gasteiger partial charge in [-0.1, -0.05) is 92.1 Å². The number of amides is 2. The van der Waals surface area contributed by atoms with Gasteiger partial charge in [0.25, 0.3) is 0 Å². The van der Waals surface area contributed by atoms with Crippen molar-refractivity contribution in [3.05, 3.63) is 58.9 Å². The fraction of sp³-hybridized carbons (Fsp3) is 0.681. The number of ketones is 3. The van der Waals surface area contributed by atoms with E-state index in [-0.39, 0.29) is 117 Å². The largest absolute Gasteiger partial charge is 0.379 e. The van der Waals surface area contributed by atoms with Gasteiger partial charge < -0.3 is 26.2 Å². The Morgan fingerprint density at radius 1 is 0.915 bits per heavy atom. The van der Waals surface area contributed by atoms with Crippen molar-refractivity contribution in [2.24, 2.45) is 35.5 Å². The van der Waals surface area contributed by atoms with Gasteiger partial charge in [-0.3, -0.25) is 24.0 Å². The number of nitrogens with zero attached hydrogens (tertiary/aromatic N) is 3. The minimum atomic E-state index is -0.585. The number of carbonyl (C=O) groups excluding carboxylic acids is 5. The minimum absolute atomic E-state index is 0. The number of likely N-dealkylation sites (tertiary alicyclic amines) is 1. The number of hydrogen-bond donors (Lipinski definition) is 0. The van der Waals surface area contributed by atoms with Gasteiger partial charge in [-0.05, 0) is 49.0 Å². The summed E-state index contributed by atoms with van der Waals surface area (Å²) in [4.78, 5) is 77.0. The van der Waals surface area contributed by atoms with Crippen molar-refractivity contribution < 1.29 is 66.2 Å². The molecular weight excluding hydrogens is 840 g/mol. The van der Waals surface area contributed by atoms with E-state index in [9.17, 15) is 24.0 Å². The third-order valence-corrected chi connectivity index (χ3v) is 13.7. The number of likely N-dealkylation sites (N-methyl/N-ethyl adjacent to an activating group) is 1. The molecule has 1 fully saturated rings. The second-order valence-corrected chi connectivity index (χ2v) is 18.2. The van der Waals surface area contributed by atoms with Gasteiger partial charge in [-0.25, -0.2) is 4.98 Å². The summed E-state index contributed by atoms with van der Waals surface area (Å²) >= 11 is 1.41. The van der Waals surface area contributed by atoms with E-state index in [2.05, 4.69) is 20.8 Å². The van der Waals surface area contributed by atoms with Crippen LogP contribution in [0.25, 0.3) is 0 Å². The number of methoxy groups -OCH3 is 2. The van der Waals surface area contributed by atoms with Gasteiger partial charge in [-0.15, -0.1) is 11.3 Å². The molecule has 0 spiro atoms. The molecule has 327 valence electrons. The first-order valence-electron chi connectivity index (χ1n) is 21.5. The third-order valence-electron chi connectivity index (χ3n) is 12.7. The molecule has 9 atom stereocenters. The summed E-state index contributed by atoms with van der Waals surface area (Å²) in [6.07, 6.45) is 3.01. The monoisotopic (exact) mass is 911 g/mol. The van der Waals surface area contributed by atoms with Crippen molar-refractivity contribution in [3.8, 4) is 0 Å². The van der Waals surface area contributed by atoms with Crippen LogP contribution in [-0.2, 0) is 67.8 Å². The molecule has 1 aliphatic rings. The Kier molecular flexibility index (Phi) is 23.1. The van der Waals surface area contributed by atoms with E-state index in [1.165, 1.54) is 11.3 Å². The summed E-state index contributed by atoms with van der Waals surface area (Å²) in [5, 5.41) is 2.54. The van der Waals surface area contributed by atoms with E-state index in [4.69, 9.17) is 14.5 Å². The van der Waals surface area contributed by atoms with Crippen molar-refractivity contribution in [1.82, 2.24) is 14.8 Å². The summed E-state index contributed by atoms with van der Waals surface area (Å²) in [6, 6.07) is 9.28. The van der Waals surface area contributed by atoms with Gasteiger partial charge in [0, 0.05) is 102 Å². The number of benzene rings is 1. The zero-order valence-corrected chi connectivity index (χ0v) is 41.4. The first-order chi connectivity index (χ1) is 27.5. The Labute approximate surface area is 384 Å². The molecule has 1 saturated heterocycles. The Bertz CT molecular complexity index is 1630. The molecule has 2 heterocycles. The number of rotatable bonds is 25. The first-order valence-corrected chi connectivity index (χ1v) is 22.4. The number of Topliss-reactive ketones (excluding diaryl/α,β-unsaturated/α-hetero) is 3. The van der Waals surface area contributed by atoms with Crippen LogP contribution in [0.3, 0.4) is 0 Å². The van der Waals surface area contributed by atoms with Crippen LogP contribution in [0.5, 0.6) is 0 Å². The molecule has 10 nitrogen and oxygen atoms in total. The number of thiazole rings is 1. The Balaban J connectivity index is 0.0000120. The van der Waals surface area contributed by atoms with Crippen molar-refractivity contribution in [3.63, 3.8) is 0 Å². The van der Waals surface area contributed by atoms with E-state index in [0.29, 0.717) is 37.9 Å². The number of ether oxygens (including phenoxy) is 2. The predicted molar refractivity (Wildman–Crippen MR) is 232 cm³/mol. The molecule has 3 rings (SSSR count). The van der Waals surface area contributed by atoms with Crippen LogP contribution in [0.1, 0.15) is 134 Å². The molecule has 1 aromatic carbocycles. The van der Waals surface area contributed by atoms with Gasteiger partial charge in [0.2, 0.25) is 11.8 Å². The zero-order valence-electron chi connectivity index (χ0n) is 37.8. The van der Waals surface area contributed by atoms with Crippen LogP contribution < -0.4 is 0 Å². The van der Waals surface area contributed by atoms with E-state index >= 15 is 0 Å². The van der Waals surface area contributed by atoms with Gasteiger partial charge in [0.1, 0.15) is 17.3 Å². The second-order valence-electron chi connectivity index (χ2n) is 17.3. The minimum Gasteiger partial charge on any atom is -0.379 e. The normalized spacial score (nSPS) is 18.3. The van der Waals surface area contributed by atoms with E-state index in [0.717, 1.165) is 23.4 Å². The van der Waals surface area contributed by atoms with Crippen molar-refractivity contribution >= 4 is 40.5 Å². The van der Waals surface area contributed by atoms with Gasteiger partial charge in [0.05, 0.1) is 35.7 Å². The van der Waals surface area contributed by atoms with E-state index in [1.807, 2.05) is 76.8 Å². The quantitative estimate of drug-likeness (QED) is 0.0717. The SMILES string of the molecule is [CH2-]CCC(=O)c1csc(C(CC(=O)C(C)C(OC)C2CCCN2C(=O)CC(OC)C(C(C)CC)N(C)C(=O)C(CC(=O)C(C)C(C)C)C(C)C)Cc2ccccc2)n1.[Y]. The van der Waals surface area contributed by atoms with Crippen molar-refractivity contribution in [2.45, 2.75) is 143 Å². The number of aromatic nitrogens is 1. The standard InChI is InChI=1S/C47H72N3O7S.Y/c1-13-19-39(51)37-28-58-46(48-37)35(24-34-20-16-15-17-21-34)25-40(52)33(9)45(57-12)38-22-18-23-50(38)43(54)27-42(56-11)44(31(7)14-2)49(10)47(55)36(30(5)6)26-41(53)32(8)29(3)4;/h15-17,20-21,28-33,35-36,38,42,44-45H,1,13-14,18-19,22-27H2,2-12H3;/q-1;. The molecule has 1 aromatic heterocycles. The first kappa shape index (κ1) is 53.0. The van der Waals surface area contributed by atoms with Crippen LogP contribution >= 0.6 is 11.3 Å². The number of hydrogen-bond acceptors (Lipinski definition) is 9. The Morgan fingerprint density at radius 3 is 2.12 bits per heavy atom. The Morgan fingerprint density at radius 2 is 1.56 bits per heavy atom. The molecular formula is C47H72N3O7SY-. The zero-order chi connectivity index (χ0) is 43.3. The van der Waals surface area contributed by atoms with Crippen LogP contribution in [0.15, 0.2) is 35.7 Å². The molecule has 0 N–H and O–H groups in total. The summed E-state index contributed by atoms with van der Waals surface area (Å²) in [6.45, 7) is 20.3. The third kappa shape index (κ3) is 14.4. The van der Waals surface area contributed by atoms with Crippen molar-refractivity contribution in [2.75, 3.05) is 27.8 Å². The van der Waals surface area contributed by atoms with Crippen LogP contribution in [-0.4, -0.2) is 96.1 Å². The van der Waals surface area contributed by atoms with Crippen LogP contribution in [0.2, 0.25) is 0 Å². The molecule has 1 radical (unpaired) electrons. The molecule has 0 aliphatic carbocycles. The molecule has 2 aromatic rings. The van der Waals surface area contributed by atoms with Crippen LogP contribution in [0, 0.1) is 42.4 Å². The molecule has 59 heavy (non-hydrogen) atoms. The van der Waals surface area contributed by atoms with E-state index in [1.54, 1.807) is 31.5 Å². The topological polar surface area (TPSA) is 123 Å². The molecule has 0 saturated carbocycles. The Hall–Kier alpha value is -2.18. The van der Waals surface area contributed by atoms with Gasteiger partial charge >= 0.3 is 0 Å². The average Bonchev–Trinajstić information content (AvgIpc) is 3.90.